The zero-order valence-electron chi connectivity index (χ0n) is 34.6. The number of carbonyl (C=O) groups is 2. The molecule has 1 heterocycles. The second kappa shape index (κ2) is 25.5. The lowest BCUT2D eigenvalue weighted by Crippen LogP contribution is -2.45. The fourth-order valence-corrected chi connectivity index (χ4v) is 7.41. The van der Waals surface area contributed by atoms with Gasteiger partial charge in [0.25, 0.3) is 0 Å². The van der Waals surface area contributed by atoms with Crippen LogP contribution in [0.1, 0.15) is 139 Å². The van der Waals surface area contributed by atoms with E-state index >= 15 is 0 Å². The fourth-order valence-electron chi connectivity index (χ4n) is 7.41. The van der Waals surface area contributed by atoms with Crippen molar-refractivity contribution >= 4 is 12.0 Å². The van der Waals surface area contributed by atoms with Gasteiger partial charge < -0.3 is 34.9 Å². The summed E-state index contributed by atoms with van der Waals surface area (Å²) in [6.45, 7) is 12.0. The molecule has 0 saturated carbocycles. The number of rotatable bonds is 25. The normalized spacial score (nSPS) is 18.2. The molecular weight excluding hydrogens is 703 g/mol. The van der Waals surface area contributed by atoms with E-state index in [1.165, 1.54) is 77.0 Å². The number of carbonyl (C=O) groups excluding carboxylic acids is 2. The first-order valence-electron chi connectivity index (χ1n) is 21.4. The van der Waals surface area contributed by atoms with Crippen molar-refractivity contribution in [3.8, 4) is 11.1 Å². The average molecular weight is 772 g/mol. The minimum Gasteiger partial charge on any atom is -0.465 e. The van der Waals surface area contributed by atoms with Crippen molar-refractivity contribution < 1.29 is 28.9 Å². The van der Waals surface area contributed by atoms with Crippen LogP contribution in [0.25, 0.3) is 11.1 Å². The smallest absolute Gasteiger partial charge is 0.325 e. The highest BCUT2D eigenvalue weighted by Gasteiger charge is 2.39. The van der Waals surface area contributed by atoms with Gasteiger partial charge in [-0.15, -0.1) is 0 Å². The summed E-state index contributed by atoms with van der Waals surface area (Å²) < 4.78 is 18.6. The van der Waals surface area contributed by atoms with Gasteiger partial charge in [0.15, 0.2) is 6.29 Å². The van der Waals surface area contributed by atoms with Gasteiger partial charge in [-0.25, -0.2) is 4.79 Å². The summed E-state index contributed by atoms with van der Waals surface area (Å²) >= 11 is 0. The van der Waals surface area contributed by atoms with Crippen LogP contribution in [0.2, 0.25) is 0 Å². The van der Waals surface area contributed by atoms with Crippen molar-refractivity contribution in [1.29, 1.82) is 0 Å². The van der Waals surface area contributed by atoms with Crippen molar-refractivity contribution in [2.24, 2.45) is 5.92 Å². The number of ether oxygens (including phenoxy) is 3. The quantitative estimate of drug-likeness (QED) is 0.0581. The van der Waals surface area contributed by atoms with Crippen molar-refractivity contribution in [2.45, 2.75) is 136 Å². The minimum absolute atomic E-state index is 0.0137. The first-order valence-corrected chi connectivity index (χ1v) is 21.4. The Labute approximate surface area is 336 Å². The van der Waals surface area contributed by atoms with Crippen LogP contribution >= 0.6 is 0 Å². The molecule has 0 radical (unpaired) electrons. The Morgan fingerprint density at radius 3 is 1.96 bits per heavy atom. The predicted molar refractivity (Wildman–Crippen MR) is 225 cm³/mol. The Balaban J connectivity index is 1.47. The number of hydrogen-bond acceptors (Lipinski definition) is 7. The van der Waals surface area contributed by atoms with E-state index in [1.54, 1.807) is 6.92 Å². The molecular formula is C47H69N3O6. The highest BCUT2D eigenvalue weighted by atomic mass is 16.7. The molecule has 0 spiro atoms. The molecule has 3 aromatic carbocycles. The number of unbranched alkanes of at least 4 members (excludes halogenated alkanes) is 10. The molecule has 9 nitrogen and oxygen atoms in total. The van der Waals surface area contributed by atoms with Crippen LogP contribution in [0, 0.1) is 5.92 Å². The highest BCUT2D eigenvalue weighted by Crippen LogP contribution is 2.42. The number of nitrogens with one attached hydrogen (secondary N) is 2. The lowest BCUT2D eigenvalue weighted by molar-refractivity contribution is -0.276. The largest absolute Gasteiger partial charge is 0.465 e. The van der Waals surface area contributed by atoms with Crippen LogP contribution in [0.4, 0.5) is 4.79 Å². The Bertz CT molecular complexity index is 1530. The minimum atomic E-state index is -0.527. The van der Waals surface area contributed by atoms with Gasteiger partial charge in [-0.05, 0) is 66.7 Å². The molecule has 4 rings (SSSR count). The van der Waals surface area contributed by atoms with Gasteiger partial charge in [-0.3, -0.25) is 4.79 Å². The molecule has 56 heavy (non-hydrogen) atoms. The SMILES string of the molecule is CCCCCCCCN(CCCCCCCC)C[C@H]1O[C@@H](c2ccc(-c3cccc(CNC(=O)NCC(=O)OCC)c3)cc2)O[C@@H](c2ccc(CO)cc2)[C@H]1C. The lowest BCUT2D eigenvalue weighted by Gasteiger charge is -2.43. The molecule has 1 saturated heterocycles. The molecule has 0 unspecified atom stereocenters. The number of aliphatic hydroxyl groups excluding tert-OH is 1. The van der Waals surface area contributed by atoms with E-state index in [9.17, 15) is 14.7 Å². The van der Waals surface area contributed by atoms with Crippen molar-refractivity contribution in [3.05, 3.63) is 95.1 Å². The number of aliphatic hydroxyl groups is 1. The maximum Gasteiger partial charge on any atom is 0.325 e. The third-order valence-corrected chi connectivity index (χ3v) is 10.8. The maximum atomic E-state index is 12.2. The summed E-state index contributed by atoms with van der Waals surface area (Å²) in [5.74, 6) is -0.339. The number of nitrogens with zero attached hydrogens (tertiary/aromatic N) is 1. The van der Waals surface area contributed by atoms with Gasteiger partial charge in [0, 0.05) is 24.6 Å². The number of urea groups is 1. The molecule has 0 aromatic heterocycles. The van der Waals surface area contributed by atoms with E-state index in [0.29, 0.717) is 6.54 Å². The standard InChI is InChI=1S/C47H69N3O6/c1-5-8-10-12-14-16-29-50(30-17-15-13-11-9-6-2)34-43-36(4)45(40-23-21-37(35-51)22-24-40)56-46(55-43)41-27-25-39(26-28-41)42-20-18-19-38(31-42)32-48-47(53)49-33-44(52)54-7-3/h18-28,31,36,43,45-46,51H,5-17,29-30,32-35H2,1-4H3,(H2,48,49,53)/t36-,43+,45+,46+/m0/s1. The Kier molecular flexibility index (Phi) is 20.5. The third kappa shape index (κ3) is 15.3. The Morgan fingerprint density at radius 1 is 0.714 bits per heavy atom. The monoisotopic (exact) mass is 772 g/mol. The molecule has 4 atom stereocenters. The fraction of sp³-hybridized carbons (Fsp3) is 0.574. The van der Waals surface area contributed by atoms with Gasteiger partial charge in [-0.1, -0.05) is 152 Å². The molecule has 0 bridgehead atoms. The summed E-state index contributed by atoms with van der Waals surface area (Å²) in [5.41, 5.74) is 5.97. The summed E-state index contributed by atoms with van der Waals surface area (Å²) in [7, 11) is 0. The summed E-state index contributed by atoms with van der Waals surface area (Å²) in [6, 6.07) is 24.2. The summed E-state index contributed by atoms with van der Waals surface area (Å²) in [6.07, 6.45) is 14.7. The van der Waals surface area contributed by atoms with Crippen LogP contribution in [0.15, 0.2) is 72.8 Å². The second-order valence-electron chi connectivity index (χ2n) is 15.3. The molecule has 1 aliphatic heterocycles. The van der Waals surface area contributed by atoms with Crippen molar-refractivity contribution in [2.75, 3.05) is 32.8 Å². The van der Waals surface area contributed by atoms with Gasteiger partial charge in [0.2, 0.25) is 0 Å². The van der Waals surface area contributed by atoms with E-state index in [2.05, 4.69) is 84.8 Å². The van der Waals surface area contributed by atoms with E-state index in [-0.39, 0.29) is 37.9 Å². The van der Waals surface area contributed by atoms with E-state index in [1.807, 2.05) is 24.3 Å². The third-order valence-electron chi connectivity index (χ3n) is 10.8. The van der Waals surface area contributed by atoms with Crippen LogP contribution in [-0.2, 0) is 32.2 Å². The van der Waals surface area contributed by atoms with Crippen LogP contribution in [0.5, 0.6) is 0 Å². The molecule has 3 aromatic rings. The number of hydrogen-bond donors (Lipinski definition) is 3. The first kappa shape index (κ1) is 44.9. The molecule has 308 valence electrons. The van der Waals surface area contributed by atoms with Crippen molar-refractivity contribution in [3.63, 3.8) is 0 Å². The van der Waals surface area contributed by atoms with E-state index < -0.39 is 18.3 Å². The Hall–Kier alpha value is -3.76. The zero-order valence-corrected chi connectivity index (χ0v) is 34.6. The zero-order chi connectivity index (χ0) is 40.0. The number of amides is 2. The van der Waals surface area contributed by atoms with Crippen LogP contribution < -0.4 is 10.6 Å². The van der Waals surface area contributed by atoms with Gasteiger partial charge in [-0.2, -0.15) is 0 Å². The first-order chi connectivity index (χ1) is 27.3. The number of benzene rings is 3. The lowest BCUT2D eigenvalue weighted by atomic mass is 9.89. The molecule has 3 N–H and O–H groups in total. The van der Waals surface area contributed by atoms with Crippen LogP contribution in [0.3, 0.4) is 0 Å². The molecule has 2 amide bonds. The topological polar surface area (TPSA) is 109 Å². The average Bonchev–Trinajstić information content (AvgIpc) is 3.22. The van der Waals surface area contributed by atoms with E-state index in [0.717, 1.165) is 53.0 Å². The summed E-state index contributed by atoms with van der Waals surface area (Å²) in [5, 5.41) is 15.1. The molecule has 1 aliphatic rings. The Morgan fingerprint density at radius 2 is 1.34 bits per heavy atom. The van der Waals surface area contributed by atoms with Gasteiger partial charge in [0.05, 0.1) is 25.4 Å². The van der Waals surface area contributed by atoms with E-state index in [4.69, 9.17) is 14.2 Å². The van der Waals surface area contributed by atoms with Crippen LogP contribution in [-0.4, -0.2) is 60.9 Å². The molecule has 0 aliphatic carbocycles. The molecule has 9 heteroatoms. The summed E-state index contributed by atoms with van der Waals surface area (Å²) in [4.78, 5) is 26.5. The van der Waals surface area contributed by atoms with Gasteiger partial charge in [0.1, 0.15) is 6.54 Å². The van der Waals surface area contributed by atoms with Gasteiger partial charge >= 0.3 is 12.0 Å². The highest BCUT2D eigenvalue weighted by molar-refractivity contribution is 5.80. The number of esters is 1. The van der Waals surface area contributed by atoms with Crippen molar-refractivity contribution in [1.82, 2.24) is 15.5 Å². The second-order valence-corrected chi connectivity index (χ2v) is 15.3. The maximum absolute atomic E-state index is 12.2. The molecule has 1 fully saturated rings. The predicted octanol–water partition coefficient (Wildman–Crippen LogP) is 10.0.